The normalized spacial score (nSPS) is 11.0. The second-order valence-corrected chi connectivity index (χ2v) is 6.51. The van der Waals surface area contributed by atoms with Crippen LogP contribution in [-0.4, -0.2) is 43.3 Å². The molecule has 0 fully saturated rings. The van der Waals surface area contributed by atoms with Gasteiger partial charge in [0.15, 0.2) is 5.82 Å². The highest BCUT2D eigenvalue weighted by atomic mass is 32.2. The van der Waals surface area contributed by atoms with E-state index >= 15 is 0 Å². The van der Waals surface area contributed by atoms with Crippen LogP contribution < -0.4 is 0 Å². The molecule has 1 aromatic carbocycles. The van der Waals surface area contributed by atoms with Crippen molar-refractivity contribution in [3.63, 3.8) is 0 Å². The maximum atomic E-state index is 12.4. The van der Waals surface area contributed by atoms with E-state index in [1.165, 1.54) is 0 Å². The summed E-state index contributed by atoms with van der Waals surface area (Å²) in [5.41, 5.74) is 1.15. The van der Waals surface area contributed by atoms with Crippen molar-refractivity contribution in [1.82, 2.24) is 25.1 Å². The van der Waals surface area contributed by atoms with Gasteiger partial charge in [-0.15, -0.1) is 16.9 Å². The molecular weight excluding hydrogens is 310 g/mol. The van der Waals surface area contributed by atoms with Gasteiger partial charge in [-0.3, -0.25) is 4.79 Å². The first-order valence-electron chi connectivity index (χ1n) is 7.78. The Balaban J connectivity index is 1.84. The fourth-order valence-corrected chi connectivity index (χ4v) is 3.04. The maximum Gasteiger partial charge on any atom is 0.232 e. The van der Waals surface area contributed by atoms with E-state index < -0.39 is 0 Å². The SMILES string of the molecule is CCN(Cc1ccccc1)C(=O)CSCc1nnnn1C(C)C. The highest BCUT2D eigenvalue weighted by molar-refractivity contribution is 7.99. The van der Waals surface area contributed by atoms with Crippen LogP contribution in [0.4, 0.5) is 0 Å². The Hall–Kier alpha value is -1.89. The molecule has 23 heavy (non-hydrogen) atoms. The van der Waals surface area contributed by atoms with Crippen LogP contribution in [0.3, 0.4) is 0 Å². The number of tetrazole rings is 1. The van der Waals surface area contributed by atoms with Gasteiger partial charge in [0.2, 0.25) is 5.91 Å². The molecule has 0 aliphatic heterocycles. The first-order chi connectivity index (χ1) is 11.1. The lowest BCUT2D eigenvalue weighted by Gasteiger charge is -2.20. The third-order valence-electron chi connectivity index (χ3n) is 3.46. The molecular formula is C16H23N5OS. The van der Waals surface area contributed by atoms with Crippen LogP contribution in [0, 0.1) is 0 Å². The lowest BCUT2D eigenvalue weighted by atomic mass is 10.2. The minimum Gasteiger partial charge on any atom is -0.338 e. The predicted molar refractivity (Wildman–Crippen MR) is 91.9 cm³/mol. The van der Waals surface area contributed by atoms with Crippen molar-refractivity contribution in [1.29, 1.82) is 0 Å². The van der Waals surface area contributed by atoms with Gasteiger partial charge in [-0.1, -0.05) is 30.3 Å². The highest BCUT2D eigenvalue weighted by Crippen LogP contribution is 2.14. The fraction of sp³-hybridized carbons (Fsp3) is 0.500. The first-order valence-corrected chi connectivity index (χ1v) is 8.93. The molecule has 0 saturated heterocycles. The van der Waals surface area contributed by atoms with Crippen molar-refractivity contribution >= 4 is 17.7 Å². The van der Waals surface area contributed by atoms with Crippen molar-refractivity contribution in [2.75, 3.05) is 12.3 Å². The molecule has 6 nitrogen and oxygen atoms in total. The summed E-state index contributed by atoms with van der Waals surface area (Å²) in [5.74, 6) is 2.03. The molecule has 7 heteroatoms. The zero-order valence-corrected chi connectivity index (χ0v) is 14.7. The van der Waals surface area contributed by atoms with Gasteiger partial charge in [0.25, 0.3) is 0 Å². The third-order valence-corrected chi connectivity index (χ3v) is 4.37. The molecule has 0 radical (unpaired) electrons. The highest BCUT2D eigenvalue weighted by Gasteiger charge is 2.14. The number of benzene rings is 1. The van der Waals surface area contributed by atoms with Gasteiger partial charge in [-0.2, -0.15) is 0 Å². The van der Waals surface area contributed by atoms with E-state index in [9.17, 15) is 4.79 Å². The summed E-state index contributed by atoms with van der Waals surface area (Å²) in [6, 6.07) is 10.3. The number of rotatable bonds is 8. The Morgan fingerprint density at radius 1 is 1.30 bits per heavy atom. The quantitative estimate of drug-likeness (QED) is 0.743. The largest absolute Gasteiger partial charge is 0.338 e. The van der Waals surface area contributed by atoms with Gasteiger partial charge in [0.1, 0.15) is 0 Å². The smallest absolute Gasteiger partial charge is 0.232 e. The van der Waals surface area contributed by atoms with Crippen LogP contribution >= 0.6 is 11.8 Å². The Morgan fingerprint density at radius 2 is 2.04 bits per heavy atom. The van der Waals surface area contributed by atoms with E-state index in [0.29, 0.717) is 24.6 Å². The molecule has 2 aromatic rings. The Bertz CT molecular complexity index is 614. The van der Waals surface area contributed by atoms with E-state index in [1.807, 2.05) is 56.0 Å². The number of nitrogens with zero attached hydrogens (tertiary/aromatic N) is 5. The van der Waals surface area contributed by atoms with Gasteiger partial charge in [-0.05, 0) is 36.8 Å². The fourth-order valence-electron chi connectivity index (χ4n) is 2.21. The van der Waals surface area contributed by atoms with Crippen molar-refractivity contribution in [3.05, 3.63) is 41.7 Å². The van der Waals surface area contributed by atoms with Crippen molar-refractivity contribution in [2.24, 2.45) is 0 Å². The molecule has 0 saturated carbocycles. The number of amides is 1. The molecule has 0 spiro atoms. The summed E-state index contributed by atoms with van der Waals surface area (Å²) in [6.45, 7) is 7.44. The second kappa shape index (κ2) is 8.67. The average Bonchev–Trinajstić information content (AvgIpc) is 3.02. The molecule has 0 aliphatic rings. The third kappa shape index (κ3) is 5.06. The van der Waals surface area contributed by atoms with Crippen LogP contribution in [0.5, 0.6) is 0 Å². The van der Waals surface area contributed by atoms with Gasteiger partial charge in [0, 0.05) is 13.1 Å². The summed E-state index contributed by atoms with van der Waals surface area (Å²) in [4.78, 5) is 14.2. The Labute approximate surface area is 141 Å². The number of carbonyl (C=O) groups is 1. The standard InChI is InChI=1S/C16H23N5OS/c1-4-20(10-14-8-6-5-7-9-14)16(22)12-23-11-15-17-18-19-21(15)13(2)3/h5-9,13H,4,10-12H2,1-3H3. The van der Waals surface area contributed by atoms with Gasteiger partial charge in [0.05, 0.1) is 17.5 Å². The second-order valence-electron chi connectivity index (χ2n) is 5.52. The van der Waals surface area contributed by atoms with Crippen LogP contribution in [0.2, 0.25) is 0 Å². The molecule has 124 valence electrons. The molecule has 0 bridgehead atoms. The van der Waals surface area contributed by atoms with Crippen LogP contribution in [0.1, 0.15) is 38.2 Å². The number of aromatic nitrogens is 4. The molecule has 0 aliphatic carbocycles. The number of carbonyl (C=O) groups excluding carboxylic acids is 1. The molecule has 1 heterocycles. The maximum absolute atomic E-state index is 12.4. The molecule has 1 aromatic heterocycles. The van der Waals surface area contributed by atoms with E-state index in [-0.39, 0.29) is 11.9 Å². The topological polar surface area (TPSA) is 63.9 Å². The van der Waals surface area contributed by atoms with Gasteiger partial charge >= 0.3 is 0 Å². The molecule has 0 unspecified atom stereocenters. The molecule has 2 rings (SSSR count). The zero-order valence-electron chi connectivity index (χ0n) is 13.8. The van der Waals surface area contributed by atoms with E-state index in [2.05, 4.69) is 15.5 Å². The van der Waals surface area contributed by atoms with Gasteiger partial charge in [-0.25, -0.2) is 4.68 Å². The summed E-state index contributed by atoms with van der Waals surface area (Å²) < 4.78 is 1.79. The van der Waals surface area contributed by atoms with Crippen LogP contribution in [0.25, 0.3) is 0 Å². The molecule has 0 N–H and O–H groups in total. The van der Waals surface area contributed by atoms with Crippen molar-refractivity contribution < 1.29 is 4.79 Å². The lowest BCUT2D eigenvalue weighted by molar-refractivity contribution is -0.128. The summed E-state index contributed by atoms with van der Waals surface area (Å²) >= 11 is 1.55. The Kier molecular flexibility index (Phi) is 6.58. The van der Waals surface area contributed by atoms with Crippen LogP contribution in [-0.2, 0) is 17.1 Å². The molecule has 0 atom stereocenters. The average molecular weight is 333 g/mol. The van der Waals surface area contributed by atoms with E-state index in [4.69, 9.17) is 0 Å². The minimum absolute atomic E-state index is 0.143. The zero-order chi connectivity index (χ0) is 16.7. The number of thioether (sulfide) groups is 1. The van der Waals surface area contributed by atoms with Gasteiger partial charge < -0.3 is 4.90 Å². The van der Waals surface area contributed by atoms with E-state index in [1.54, 1.807) is 16.4 Å². The van der Waals surface area contributed by atoms with E-state index in [0.717, 1.165) is 11.4 Å². The number of hydrogen-bond acceptors (Lipinski definition) is 5. The summed E-state index contributed by atoms with van der Waals surface area (Å²) in [6.07, 6.45) is 0. The summed E-state index contributed by atoms with van der Waals surface area (Å²) in [5, 5.41) is 11.7. The monoisotopic (exact) mass is 333 g/mol. The first kappa shape index (κ1) is 17.5. The van der Waals surface area contributed by atoms with Crippen molar-refractivity contribution in [3.8, 4) is 0 Å². The van der Waals surface area contributed by atoms with Crippen molar-refractivity contribution in [2.45, 2.75) is 39.1 Å². The predicted octanol–water partition coefficient (Wildman–Crippen LogP) is 2.54. The lowest BCUT2D eigenvalue weighted by Crippen LogP contribution is -2.31. The minimum atomic E-state index is 0.143. The molecule has 1 amide bonds. The number of hydrogen-bond donors (Lipinski definition) is 0. The van der Waals surface area contributed by atoms with Crippen LogP contribution in [0.15, 0.2) is 30.3 Å². The summed E-state index contributed by atoms with van der Waals surface area (Å²) in [7, 11) is 0. The Morgan fingerprint density at radius 3 is 2.70 bits per heavy atom.